The number of rotatable bonds is 5. The molecule has 2 aromatic rings. The molecule has 1 N–H and O–H groups in total. The van der Waals surface area contributed by atoms with E-state index in [1.165, 1.54) is 5.56 Å². The van der Waals surface area contributed by atoms with Gasteiger partial charge in [0.1, 0.15) is 0 Å². The lowest BCUT2D eigenvalue weighted by atomic mass is 9.97. The normalized spacial score (nSPS) is 16.2. The van der Waals surface area contributed by atoms with Crippen molar-refractivity contribution in [2.75, 3.05) is 25.0 Å². The third-order valence-corrected chi connectivity index (χ3v) is 4.96. The van der Waals surface area contributed by atoms with Crippen molar-refractivity contribution >= 4 is 11.6 Å². The molecule has 1 aliphatic heterocycles. The fourth-order valence-electron chi connectivity index (χ4n) is 3.28. The molecule has 0 spiro atoms. The minimum Gasteiger partial charge on any atom is -0.325 e. The topological polar surface area (TPSA) is 50.2 Å². The molecule has 3 rings (SSSR count). The van der Waals surface area contributed by atoms with Gasteiger partial charge in [0.2, 0.25) is 5.91 Å². The van der Waals surface area contributed by atoms with Crippen LogP contribution in [0.1, 0.15) is 24.0 Å². The standard InChI is InChI=1S/C19H26N4O/c1-15-5-3-6-18(16(15)2)21-19(24)14-22-11-7-17(8-12-22)13-23-10-4-9-20-23/h3-6,9-10,17H,7-8,11-14H2,1-2H3,(H,21,24). The summed E-state index contributed by atoms with van der Waals surface area (Å²) < 4.78 is 2.01. The van der Waals surface area contributed by atoms with E-state index < -0.39 is 0 Å². The molecular weight excluding hydrogens is 300 g/mol. The summed E-state index contributed by atoms with van der Waals surface area (Å²) in [6.07, 6.45) is 6.09. The van der Waals surface area contributed by atoms with Crippen LogP contribution in [-0.2, 0) is 11.3 Å². The van der Waals surface area contributed by atoms with Gasteiger partial charge in [-0.2, -0.15) is 5.10 Å². The van der Waals surface area contributed by atoms with Crippen molar-refractivity contribution in [1.29, 1.82) is 0 Å². The summed E-state index contributed by atoms with van der Waals surface area (Å²) in [5.74, 6) is 0.734. The monoisotopic (exact) mass is 326 g/mol. The molecule has 0 radical (unpaired) electrons. The lowest BCUT2D eigenvalue weighted by Gasteiger charge is -2.31. The zero-order valence-electron chi connectivity index (χ0n) is 14.5. The summed E-state index contributed by atoms with van der Waals surface area (Å²) in [4.78, 5) is 14.6. The van der Waals surface area contributed by atoms with Gasteiger partial charge in [0.05, 0.1) is 6.54 Å². The van der Waals surface area contributed by atoms with Gasteiger partial charge in [0.25, 0.3) is 0 Å². The van der Waals surface area contributed by atoms with E-state index in [0.717, 1.165) is 43.7 Å². The van der Waals surface area contributed by atoms with Gasteiger partial charge in [-0.15, -0.1) is 0 Å². The number of aryl methyl sites for hydroxylation is 1. The number of nitrogens with one attached hydrogen (secondary N) is 1. The molecule has 1 aromatic heterocycles. The highest BCUT2D eigenvalue weighted by Gasteiger charge is 2.21. The highest BCUT2D eigenvalue weighted by atomic mass is 16.2. The quantitative estimate of drug-likeness (QED) is 0.919. The van der Waals surface area contributed by atoms with Crippen LogP contribution in [0.5, 0.6) is 0 Å². The molecule has 0 atom stereocenters. The van der Waals surface area contributed by atoms with E-state index in [1.807, 2.05) is 42.2 Å². The summed E-state index contributed by atoms with van der Waals surface area (Å²) >= 11 is 0. The highest BCUT2D eigenvalue weighted by molar-refractivity contribution is 5.93. The third-order valence-electron chi connectivity index (χ3n) is 4.96. The van der Waals surface area contributed by atoms with Gasteiger partial charge in [-0.3, -0.25) is 14.4 Å². The van der Waals surface area contributed by atoms with E-state index in [0.29, 0.717) is 12.5 Å². The Morgan fingerprint density at radius 1 is 1.25 bits per heavy atom. The molecule has 0 bridgehead atoms. The average molecular weight is 326 g/mol. The van der Waals surface area contributed by atoms with Crippen LogP contribution in [0.25, 0.3) is 0 Å². The zero-order valence-corrected chi connectivity index (χ0v) is 14.5. The smallest absolute Gasteiger partial charge is 0.238 e. The maximum Gasteiger partial charge on any atom is 0.238 e. The number of anilines is 1. The maximum absolute atomic E-state index is 12.3. The van der Waals surface area contributed by atoms with Crippen molar-refractivity contribution in [1.82, 2.24) is 14.7 Å². The molecule has 1 aliphatic rings. The van der Waals surface area contributed by atoms with Gasteiger partial charge in [-0.1, -0.05) is 12.1 Å². The Kier molecular flexibility index (Phi) is 5.30. The van der Waals surface area contributed by atoms with Crippen molar-refractivity contribution < 1.29 is 4.79 Å². The second-order valence-electron chi connectivity index (χ2n) is 6.74. The molecule has 5 heteroatoms. The maximum atomic E-state index is 12.3. The number of carbonyl (C=O) groups excluding carboxylic acids is 1. The fourth-order valence-corrected chi connectivity index (χ4v) is 3.28. The molecule has 1 aromatic carbocycles. The van der Waals surface area contributed by atoms with Gasteiger partial charge in [0.15, 0.2) is 0 Å². The van der Waals surface area contributed by atoms with Crippen LogP contribution < -0.4 is 5.32 Å². The van der Waals surface area contributed by atoms with E-state index in [-0.39, 0.29) is 5.91 Å². The van der Waals surface area contributed by atoms with Gasteiger partial charge < -0.3 is 5.32 Å². The number of hydrogen-bond acceptors (Lipinski definition) is 3. The first-order chi connectivity index (χ1) is 11.6. The lowest BCUT2D eigenvalue weighted by Crippen LogP contribution is -2.40. The van der Waals surface area contributed by atoms with E-state index in [2.05, 4.69) is 28.3 Å². The van der Waals surface area contributed by atoms with Crippen molar-refractivity contribution in [2.24, 2.45) is 5.92 Å². The molecule has 5 nitrogen and oxygen atoms in total. The van der Waals surface area contributed by atoms with Crippen LogP contribution in [0.2, 0.25) is 0 Å². The number of nitrogens with zero attached hydrogens (tertiary/aromatic N) is 3. The van der Waals surface area contributed by atoms with E-state index >= 15 is 0 Å². The first-order valence-electron chi connectivity index (χ1n) is 8.67. The summed E-state index contributed by atoms with van der Waals surface area (Å²) in [5, 5.41) is 7.33. The minimum absolute atomic E-state index is 0.0780. The highest BCUT2D eigenvalue weighted by Crippen LogP contribution is 2.20. The van der Waals surface area contributed by atoms with Crippen LogP contribution >= 0.6 is 0 Å². The predicted octanol–water partition coefficient (Wildman–Crippen LogP) is 2.85. The number of aromatic nitrogens is 2. The summed E-state index contributed by atoms with van der Waals surface area (Å²) in [6, 6.07) is 7.98. The summed E-state index contributed by atoms with van der Waals surface area (Å²) in [5.41, 5.74) is 3.27. The Hall–Kier alpha value is -2.14. The van der Waals surface area contributed by atoms with Gasteiger partial charge in [-0.05, 0) is 69.0 Å². The Balaban J connectivity index is 1.45. The van der Waals surface area contributed by atoms with E-state index in [1.54, 1.807) is 0 Å². The Bertz CT molecular complexity index is 673. The first-order valence-corrected chi connectivity index (χ1v) is 8.67. The molecule has 128 valence electrons. The van der Waals surface area contributed by atoms with Crippen molar-refractivity contribution in [2.45, 2.75) is 33.2 Å². The molecule has 0 unspecified atom stereocenters. The fraction of sp³-hybridized carbons (Fsp3) is 0.474. The molecule has 1 saturated heterocycles. The molecule has 0 aliphatic carbocycles. The summed E-state index contributed by atoms with van der Waals surface area (Å²) in [7, 11) is 0. The predicted molar refractivity (Wildman–Crippen MR) is 95.9 cm³/mol. The molecular formula is C19H26N4O. The molecule has 1 fully saturated rings. The van der Waals surface area contributed by atoms with Crippen LogP contribution in [0.4, 0.5) is 5.69 Å². The Labute approximate surface area is 143 Å². The average Bonchev–Trinajstić information content (AvgIpc) is 3.07. The Morgan fingerprint density at radius 3 is 2.75 bits per heavy atom. The van der Waals surface area contributed by atoms with Gasteiger partial charge in [0, 0.05) is 24.6 Å². The third kappa shape index (κ3) is 4.23. The first kappa shape index (κ1) is 16.7. The number of likely N-dealkylation sites (tertiary alicyclic amines) is 1. The minimum atomic E-state index is 0.0780. The van der Waals surface area contributed by atoms with Crippen molar-refractivity contribution in [3.8, 4) is 0 Å². The SMILES string of the molecule is Cc1cccc(NC(=O)CN2CCC(Cn3cccn3)CC2)c1C. The number of benzene rings is 1. The largest absolute Gasteiger partial charge is 0.325 e. The molecule has 2 heterocycles. The van der Waals surface area contributed by atoms with Crippen molar-refractivity contribution in [3.63, 3.8) is 0 Å². The van der Waals surface area contributed by atoms with Gasteiger partial charge in [-0.25, -0.2) is 0 Å². The van der Waals surface area contributed by atoms with E-state index in [9.17, 15) is 4.79 Å². The zero-order chi connectivity index (χ0) is 16.9. The number of hydrogen-bond donors (Lipinski definition) is 1. The lowest BCUT2D eigenvalue weighted by molar-refractivity contribution is -0.117. The second-order valence-corrected chi connectivity index (χ2v) is 6.74. The summed E-state index contributed by atoms with van der Waals surface area (Å²) in [6.45, 7) is 7.52. The van der Waals surface area contributed by atoms with Crippen molar-refractivity contribution in [3.05, 3.63) is 47.8 Å². The second kappa shape index (κ2) is 7.62. The Morgan fingerprint density at radius 2 is 2.04 bits per heavy atom. The van der Waals surface area contributed by atoms with Crippen LogP contribution in [0.15, 0.2) is 36.7 Å². The number of amides is 1. The van der Waals surface area contributed by atoms with E-state index in [4.69, 9.17) is 0 Å². The van der Waals surface area contributed by atoms with Crippen LogP contribution in [0, 0.1) is 19.8 Å². The van der Waals surface area contributed by atoms with Crippen LogP contribution in [-0.4, -0.2) is 40.2 Å². The van der Waals surface area contributed by atoms with Crippen LogP contribution in [0.3, 0.4) is 0 Å². The molecule has 24 heavy (non-hydrogen) atoms. The molecule has 1 amide bonds. The molecule has 0 saturated carbocycles. The van der Waals surface area contributed by atoms with Gasteiger partial charge >= 0.3 is 0 Å². The number of piperidine rings is 1. The number of carbonyl (C=O) groups is 1.